The van der Waals surface area contributed by atoms with Gasteiger partial charge in [0.25, 0.3) is 0 Å². The summed E-state index contributed by atoms with van der Waals surface area (Å²) in [5.41, 5.74) is 6.68. The van der Waals surface area contributed by atoms with Crippen LogP contribution in [0.15, 0.2) is 73.1 Å². The molecule has 2 aromatic carbocycles. The summed E-state index contributed by atoms with van der Waals surface area (Å²) < 4.78 is 2.01. The lowest BCUT2D eigenvalue weighted by Gasteiger charge is -2.11. The van der Waals surface area contributed by atoms with Crippen molar-refractivity contribution < 1.29 is 4.79 Å². The zero-order valence-electron chi connectivity index (χ0n) is 15.9. The van der Waals surface area contributed by atoms with Crippen molar-refractivity contribution in [2.75, 3.05) is 10.6 Å². The van der Waals surface area contributed by atoms with E-state index in [9.17, 15) is 4.79 Å². The van der Waals surface area contributed by atoms with E-state index in [0.29, 0.717) is 0 Å². The van der Waals surface area contributed by atoms with Gasteiger partial charge >= 0.3 is 6.03 Å². The first-order valence-electron chi connectivity index (χ1n) is 9.34. The Kier molecular flexibility index (Phi) is 4.81. The molecule has 0 aliphatic carbocycles. The predicted octanol–water partition coefficient (Wildman–Crippen LogP) is 5.52. The van der Waals surface area contributed by atoms with Gasteiger partial charge in [0.2, 0.25) is 0 Å². The zero-order valence-corrected chi connectivity index (χ0v) is 15.9. The van der Waals surface area contributed by atoms with Gasteiger partial charge in [-0.2, -0.15) is 0 Å². The standard InChI is InChI=1S/C23H22N4O/c1-3-17-6-4-5-7-20(17)26-23(28)24-19-10-8-18(9-11-19)21-15-27-13-12-16(2)14-22(27)25-21/h4-15H,3H2,1-2H3,(H2,24,26,28). The Bertz CT molecular complexity index is 1130. The van der Waals surface area contributed by atoms with Crippen LogP contribution in [0.2, 0.25) is 0 Å². The van der Waals surface area contributed by atoms with Crippen LogP contribution in [0.3, 0.4) is 0 Å². The summed E-state index contributed by atoms with van der Waals surface area (Å²) in [6.45, 7) is 4.12. The van der Waals surface area contributed by atoms with Gasteiger partial charge in [0.1, 0.15) is 5.65 Å². The number of amides is 2. The lowest BCUT2D eigenvalue weighted by Crippen LogP contribution is -2.20. The fourth-order valence-electron chi connectivity index (χ4n) is 3.18. The maximum Gasteiger partial charge on any atom is 0.323 e. The third-order valence-electron chi connectivity index (χ3n) is 4.70. The number of hydrogen-bond acceptors (Lipinski definition) is 2. The zero-order chi connectivity index (χ0) is 19.5. The van der Waals surface area contributed by atoms with E-state index >= 15 is 0 Å². The predicted molar refractivity (Wildman–Crippen MR) is 114 cm³/mol. The van der Waals surface area contributed by atoms with Crippen molar-refractivity contribution in [2.24, 2.45) is 0 Å². The highest BCUT2D eigenvalue weighted by atomic mass is 16.2. The number of imidazole rings is 1. The van der Waals surface area contributed by atoms with Crippen LogP contribution in [0.1, 0.15) is 18.1 Å². The number of aromatic nitrogens is 2. The number of carbonyl (C=O) groups is 1. The molecule has 2 amide bonds. The highest BCUT2D eigenvalue weighted by Gasteiger charge is 2.08. The highest BCUT2D eigenvalue weighted by Crippen LogP contribution is 2.22. The smallest absolute Gasteiger partial charge is 0.308 e. The third-order valence-corrected chi connectivity index (χ3v) is 4.70. The van der Waals surface area contributed by atoms with Gasteiger partial charge in [-0.05, 0) is 54.8 Å². The van der Waals surface area contributed by atoms with Crippen molar-refractivity contribution in [3.63, 3.8) is 0 Å². The number of aryl methyl sites for hydroxylation is 2. The van der Waals surface area contributed by atoms with Crippen LogP contribution < -0.4 is 10.6 Å². The van der Waals surface area contributed by atoms with Crippen molar-refractivity contribution in [1.82, 2.24) is 9.38 Å². The Balaban J connectivity index is 1.47. The van der Waals surface area contributed by atoms with Crippen LogP contribution in [0.25, 0.3) is 16.9 Å². The summed E-state index contributed by atoms with van der Waals surface area (Å²) in [5, 5.41) is 5.79. The molecular weight excluding hydrogens is 348 g/mol. The molecule has 4 aromatic rings. The molecule has 4 rings (SSSR count). The molecule has 0 atom stereocenters. The number of rotatable bonds is 4. The summed E-state index contributed by atoms with van der Waals surface area (Å²) in [6.07, 6.45) is 4.88. The molecule has 0 radical (unpaired) electrons. The first kappa shape index (κ1) is 17.8. The number of hydrogen-bond donors (Lipinski definition) is 2. The molecule has 2 heterocycles. The van der Waals surface area contributed by atoms with Gasteiger partial charge in [0.05, 0.1) is 5.69 Å². The molecule has 2 N–H and O–H groups in total. The summed E-state index contributed by atoms with van der Waals surface area (Å²) in [4.78, 5) is 17.0. The van der Waals surface area contributed by atoms with Crippen molar-refractivity contribution in [3.8, 4) is 11.3 Å². The fourth-order valence-corrected chi connectivity index (χ4v) is 3.18. The van der Waals surface area contributed by atoms with Gasteiger partial charge in [-0.1, -0.05) is 37.3 Å². The van der Waals surface area contributed by atoms with Gasteiger partial charge in [-0.25, -0.2) is 9.78 Å². The fraction of sp³-hybridized carbons (Fsp3) is 0.130. The molecule has 5 heteroatoms. The van der Waals surface area contributed by atoms with E-state index in [4.69, 9.17) is 0 Å². The number of fused-ring (bicyclic) bond motifs is 1. The van der Waals surface area contributed by atoms with Gasteiger partial charge in [0, 0.05) is 29.3 Å². The molecule has 0 unspecified atom stereocenters. The minimum Gasteiger partial charge on any atom is -0.308 e. The Labute approximate surface area is 164 Å². The van der Waals surface area contributed by atoms with E-state index in [1.165, 1.54) is 5.56 Å². The molecular formula is C23H22N4O. The first-order chi connectivity index (χ1) is 13.6. The van der Waals surface area contributed by atoms with Crippen LogP contribution in [0.5, 0.6) is 0 Å². The number of anilines is 2. The summed E-state index contributed by atoms with van der Waals surface area (Å²) >= 11 is 0. The third kappa shape index (κ3) is 3.74. The van der Waals surface area contributed by atoms with Crippen molar-refractivity contribution in [1.29, 1.82) is 0 Å². The molecule has 0 saturated carbocycles. The maximum absolute atomic E-state index is 12.3. The van der Waals surface area contributed by atoms with Gasteiger partial charge in [-0.15, -0.1) is 0 Å². The lowest BCUT2D eigenvalue weighted by molar-refractivity contribution is 0.262. The second kappa shape index (κ2) is 7.56. The molecule has 0 spiro atoms. The summed E-state index contributed by atoms with van der Waals surface area (Å²) in [7, 11) is 0. The quantitative estimate of drug-likeness (QED) is 0.497. The minimum absolute atomic E-state index is 0.253. The topological polar surface area (TPSA) is 58.4 Å². The van der Waals surface area contributed by atoms with E-state index < -0.39 is 0 Å². The number of carbonyl (C=O) groups excluding carboxylic acids is 1. The van der Waals surface area contributed by atoms with E-state index in [2.05, 4.69) is 41.6 Å². The van der Waals surface area contributed by atoms with Crippen molar-refractivity contribution in [2.45, 2.75) is 20.3 Å². The van der Waals surface area contributed by atoms with Gasteiger partial charge in [-0.3, -0.25) is 0 Å². The number of nitrogens with one attached hydrogen (secondary N) is 2. The van der Waals surface area contributed by atoms with E-state index in [1.807, 2.05) is 65.3 Å². The molecule has 0 saturated heterocycles. The number of benzene rings is 2. The number of para-hydroxylation sites is 1. The number of nitrogens with zero attached hydrogens (tertiary/aromatic N) is 2. The van der Waals surface area contributed by atoms with E-state index in [0.717, 1.165) is 40.3 Å². The minimum atomic E-state index is -0.253. The maximum atomic E-state index is 12.3. The second-order valence-electron chi connectivity index (χ2n) is 6.76. The largest absolute Gasteiger partial charge is 0.323 e. The van der Waals surface area contributed by atoms with Crippen LogP contribution in [0.4, 0.5) is 16.2 Å². The van der Waals surface area contributed by atoms with Crippen molar-refractivity contribution in [3.05, 3.63) is 84.2 Å². The molecule has 2 aromatic heterocycles. The first-order valence-corrected chi connectivity index (χ1v) is 9.34. The monoisotopic (exact) mass is 370 g/mol. The lowest BCUT2D eigenvalue weighted by atomic mass is 10.1. The number of urea groups is 1. The van der Waals surface area contributed by atoms with Crippen molar-refractivity contribution >= 4 is 23.1 Å². The molecule has 0 aliphatic heterocycles. The van der Waals surface area contributed by atoms with E-state index in [-0.39, 0.29) is 6.03 Å². The average Bonchev–Trinajstić information content (AvgIpc) is 3.12. The Morgan fingerprint density at radius 2 is 1.82 bits per heavy atom. The molecule has 0 bridgehead atoms. The Morgan fingerprint density at radius 1 is 1.04 bits per heavy atom. The Morgan fingerprint density at radius 3 is 2.61 bits per heavy atom. The average molecular weight is 370 g/mol. The highest BCUT2D eigenvalue weighted by molar-refractivity contribution is 6.00. The van der Waals surface area contributed by atoms with Crippen LogP contribution in [-0.4, -0.2) is 15.4 Å². The molecule has 0 aliphatic rings. The summed E-state index contributed by atoms with van der Waals surface area (Å²) in [6, 6.07) is 19.4. The van der Waals surface area contributed by atoms with E-state index in [1.54, 1.807) is 0 Å². The van der Waals surface area contributed by atoms with Gasteiger partial charge < -0.3 is 15.0 Å². The summed E-state index contributed by atoms with van der Waals surface area (Å²) in [5.74, 6) is 0. The SMILES string of the molecule is CCc1ccccc1NC(=O)Nc1ccc(-c2cn3ccc(C)cc3n2)cc1. The molecule has 140 valence electrons. The second-order valence-corrected chi connectivity index (χ2v) is 6.76. The Hall–Kier alpha value is -3.60. The van der Waals surface area contributed by atoms with Crippen LogP contribution >= 0.6 is 0 Å². The van der Waals surface area contributed by atoms with Crippen LogP contribution in [-0.2, 0) is 6.42 Å². The van der Waals surface area contributed by atoms with Crippen LogP contribution in [0, 0.1) is 6.92 Å². The number of pyridine rings is 1. The normalized spacial score (nSPS) is 10.8. The molecule has 0 fully saturated rings. The van der Waals surface area contributed by atoms with Gasteiger partial charge in [0.15, 0.2) is 0 Å². The molecule has 28 heavy (non-hydrogen) atoms. The molecule has 5 nitrogen and oxygen atoms in total.